The van der Waals surface area contributed by atoms with Crippen LogP contribution in [0, 0.1) is 11.3 Å². The topological polar surface area (TPSA) is 54.3 Å². The third-order valence-electron chi connectivity index (χ3n) is 3.75. The number of amides is 1. The van der Waals surface area contributed by atoms with Gasteiger partial charge in [-0.25, -0.2) is 0 Å². The van der Waals surface area contributed by atoms with Crippen LogP contribution in [-0.4, -0.2) is 19.0 Å². The number of rotatable bonds is 4. The second-order valence-corrected chi connectivity index (χ2v) is 5.00. The van der Waals surface area contributed by atoms with Gasteiger partial charge in [0.1, 0.15) is 5.76 Å². The first-order valence-corrected chi connectivity index (χ1v) is 6.16. The van der Waals surface area contributed by atoms with E-state index in [1.807, 2.05) is 12.1 Å². The first-order valence-electron chi connectivity index (χ1n) is 6.16. The second-order valence-electron chi connectivity index (χ2n) is 5.00. The van der Waals surface area contributed by atoms with Gasteiger partial charge in [-0.2, -0.15) is 0 Å². The van der Waals surface area contributed by atoms with E-state index in [0.29, 0.717) is 12.5 Å². The Labute approximate surface area is 102 Å². The molecule has 1 aromatic rings. The second kappa shape index (κ2) is 4.92. The van der Waals surface area contributed by atoms with Crippen LogP contribution in [0.1, 0.15) is 26.0 Å². The average Bonchev–Trinajstić information content (AvgIpc) is 2.97. The molecule has 0 aromatic carbocycles. The zero-order valence-electron chi connectivity index (χ0n) is 10.5. The molecule has 1 aliphatic heterocycles. The van der Waals surface area contributed by atoms with Crippen molar-refractivity contribution in [2.45, 2.75) is 26.8 Å². The first-order chi connectivity index (χ1) is 8.15. The summed E-state index contributed by atoms with van der Waals surface area (Å²) in [7, 11) is 0. The lowest BCUT2D eigenvalue weighted by Gasteiger charge is -2.30. The van der Waals surface area contributed by atoms with E-state index in [1.165, 1.54) is 0 Å². The smallest absolute Gasteiger partial charge is 0.228 e. The lowest BCUT2D eigenvalue weighted by atomic mass is 9.75. The highest BCUT2D eigenvalue weighted by molar-refractivity contribution is 5.83. The highest BCUT2D eigenvalue weighted by Gasteiger charge is 2.43. The molecule has 94 valence electrons. The van der Waals surface area contributed by atoms with Crippen LogP contribution in [-0.2, 0) is 11.3 Å². The summed E-state index contributed by atoms with van der Waals surface area (Å²) >= 11 is 0. The van der Waals surface area contributed by atoms with E-state index < -0.39 is 0 Å². The molecule has 1 saturated heterocycles. The molecule has 1 aliphatic rings. The van der Waals surface area contributed by atoms with Gasteiger partial charge in [-0.1, -0.05) is 13.8 Å². The molecule has 4 heteroatoms. The minimum atomic E-state index is -0.257. The molecule has 2 rings (SSSR count). The Hall–Kier alpha value is -1.29. The number of hydrogen-bond donors (Lipinski definition) is 2. The molecular weight excluding hydrogens is 216 g/mol. The van der Waals surface area contributed by atoms with Crippen molar-refractivity contribution in [3.63, 3.8) is 0 Å². The largest absolute Gasteiger partial charge is 0.467 e. The third kappa shape index (κ3) is 2.36. The maximum atomic E-state index is 12.3. The van der Waals surface area contributed by atoms with Crippen LogP contribution in [0.4, 0.5) is 0 Å². The molecule has 1 fully saturated rings. The molecule has 4 nitrogen and oxygen atoms in total. The van der Waals surface area contributed by atoms with Crippen LogP contribution >= 0.6 is 0 Å². The van der Waals surface area contributed by atoms with Crippen LogP contribution in [0.25, 0.3) is 0 Å². The van der Waals surface area contributed by atoms with Crippen LogP contribution in [0.5, 0.6) is 0 Å². The zero-order valence-corrected chi connectivity index (χ0v) is 10.5. The predicted octanol–water partition coefficient (Wildman–Crippen LogP) is 1.53. The van der Waals surface area contributed by atoms with Gasteiger partial charge in [-0.3, -0.25) is 4.79 Å². The van der Waals surface area contributed by atoms with Gasteiger partial charge < -0.3 is 15.1 Å². The van der Waals surface area contributed by atoms with Gasteiger partial charge in [0, 0.05) is 6.54 Å². The van der Waals surface area contributed by atoms with E-state index in [-0.39, 0.29) is 11.3 Å². The Bertz CT molecular complexity index is 365. The Morgan fingerprint density at radius 2 is 2.47 bits per heavy atom. The number of carbonyl (C=O) groups excluding carboxylic acids is 1. The Kier molecular flexibility index (Phi) is 3.52. The van der Waals surface area contributed by atoms with E-state index >= 15 is 0 Å². The van der Waals surface area contributed by atoms with Crippen LogP contribution in [0.3, 0.4) is 0 Å². The first kappa shape index (κ1) is 12.2. The fourth-order valence-electron chi connectivity index (χ4n) is 2.42. The summed E-state index contributed by atoms with van der Waals surface area (Å²) in [5.74, 6) is 1.27. The third-order valence-corrected chi connectivity index (χ3v) is 3.75. The molecule has 1 aromatic heterocycles. The van der Waals surface area contributed by atoms with Gasteiger partial charge >= 0.3 is 0 Å². The molecule has 0 aliphatic carbocycles. The van der Waals surface area contributed by atoms with Gasteiger partial charge in [0.15, 0.2) is 0 Å². The predicted molar refractivity (Wildman–Crippen MR) is 65.3 cm³/mol. The minimum Gasteiger partial charge on any atom is -0.467 e. The highest BCUT2D eigenvalue weighted by atomic mass is 16.3. The standard InChI is InChI=1S/C13H20N2O2/c1-10(2)13(5-6-14-9-13)12(16)15-8-11-4-3-7-17-11/h3-4,7,10,14H,5-6,8-9H2,1-2H3,(H,15,16). The summed E-state index contributed by atoms with van der Waals surface area (Å²) in [6.07, 6.45) is 2.53. The summed E-state index contributed by atoms with van der Waals surface area (Å²) in [4.78, 5) is 12.3. The molecule has 1 atom stereocenters. The van der Waals surface area contributed by atoms with Crippen LogP contribution in [0.2, 0.25) is 0 Å². The van der Waals surface area contributed by atoms with Crippen molar-refractivity contribution in [2.75, 3.05) is 13.1 Å². The van der Waals surface area contributed by atoms with E-state index in [4.69, 9.17) is 4.42 Å². The fraction of sp³-hybridized carbons (Fsp3) is 0.615. The average molecular weight is 236 g/mol. The molecule has 0 radical (unpaired) electrons. The van der Waals surface area contributed by atoms with Crippen LogP contribution < -0.4 is 10.6 Å². The Morgan fingerprint density at radius 1 is 1.65 bits per heavy atom. The molecule has 2 heterocycles. The number of nitrogens with one attached hydrogen (secondary N) is 2. The molecule has 2 N–H and O–H groups in total. The summed E-state index contributed by atoms with van der Waals surface area (Å²) in [6, 6.07) is 3.70. The van der Waals surface area contributed by atoms with Crippen molar-refractivity contribution in [1.82, 2.24) is 10.6 Å². The van der Waals surface area contributed by atoms with Crippen molar-refractivity contribution in [3.8, 4) is 0 Å². The summed E-state index contributed by atoms with van der Waals surface area (Å²) in [6.45, 7) is 6.39. The van der Waals surface area contributed by atoms with Crippen molar-refractivity contribution >= 4 is 5.91 Å². The molecule has 0 bridgehead atoms. The number of furan rings is 1. The Morgan fingerprint density at radius 3 is 3.00 bits per heavy atom. The Balaban J connectivity index is 1.98. The summed E-state index contributed by atoms with van der Waals surface area (Å²) in [5.41, 5.74) is -0.257. The quantitative estimate of drug-likeness (QED) is 0.833. The molecular formula is C13H20N2O2. The monoisotopic (exact) mass is 236 g/mol. The number of carbonyl (C=O) groups is 1. The maximum absolute atomic E-state index is 12.3. The van der Waals surface area contributed by atoms with Crippen LogP contribution in [0.15, 0.2) is 22.8 Å². The maximum Gasteiger partial charge on any atom is 0.228 e. The minimum absolute atomic E-state index is 0.133. The van der Waals surface area contributed by atoms with Crippen molar-refractivity contribution in [2.24, 2.45) is 11.3 Å². The van der Waals surface area contributed by atoms with Gasteiger partial charge in [0.05, 0.1) is 18.2 Å². The summed E-state index contributed by atoms with van der Waals surface area (Å²) < 4.78 is 5.21. The van der Waals surface area contributed by atoms with E-state index in [1.54, 1.807) is 6.26 Å². The molecule has 1 amide bonds. The summed E-state index contributed by atoms with van der Waals surface area (Å²) in [5, 5.41) is 6.26. The van der Waals surface area contributed by atoms with Gasteiger partial charge in [-0.15, -0.1) is 0 Å². The molecule has 17 heavy (non-hydrogen) atoms. The van der Waals surface area contributed by atoms with Gasteiger partial charge in [0.2, 0.25) is 5.91 Å². The lowest BCUT2D eigenvalue weighted by molar-refractivity contribution is -0.132. The lowest BCUT2D eigenvalue weighted by Crippen LogP contribution is -2.45. The van der Waals surface area contributed by atoms with Crippen molar-refractivity contribution in [3.05, 3.63) is 24.2 Å². The van der Waals surface area contributed by atoms with E-state index in [9.17, 15) is 4.79 Å². The van der Waals surface area contributed by atoms with Gasteiger partial charge in [0.25, 0.3) is 0 Å². The zero-order chi connectivity index (χ0) is 12.3. The van der Waals surface area contributed by atoms with E-state index in [2.05, 4.69) is 24.5 Å². The highest BCUT2D eigenvalue weighted by Crippen LogP contribution is 2.34. The molecule has 0 saturated carbocycles. The van der Waals surface area contributed by atoms with Crippen molar-refractivity contribution in [1.29, 1.82) is 0 Å². The molecule has 0 spiro atoms. The van der Waals surface area contributed by atoms with Gasteiger partial charge in [-0.05, 0) is 31.0 Å². The normalized spacial score (nSPS) is 24.2. The van der Waals surface area contributed by atoms with Crippen molar-refractivity contribution < 1.29 is 9.21 Å². The number of hydrogen-bond acceptors (Lipinski definition) is 3. The molecule has 1 unspecified atom stereocenters. The fourth-order valence-corrected chi connectivity index (χ4v) is 2.42. The SMILES string of the molecule is CC(C)C1(C(=O)NCc2ccco2)CCNC1. The van der Waals surface area contributed by atoms with E-state index in [0.717, 1.165) is 25.3 Å².